The molecule has 0 saturated carbocycles. The van der Waals surface area contributed by atoms with E-state index in [2.05, 4.69) is 25.5 Å². The lowest BCUT2D eigenvalue weighted by molar-refractivity contribution is 0.415. The van der Waals surface area contributed by atoms with Crippen molar-refractivity contribution in [1.82, 2.24) is 20.2 Å². The molecule has 2 aromatic heterocycles. The number of nitrogens with one attached hydrogen (secondary N) is 2. The lowest BCUT2D eigenvalue weighted by Gasteiger charge is -2.20. The van der Waals surface area contributed by atoms with Gasteiger partial charge in [0, 0.05) is 24.2 Å². The van der Waals surface area contributed by atoms with Crippen LogP contribution >= 0.6 is 0 Å². The van der Waals surface area contributed by atoms with Crippen molar-refractivity contribution in [2.24, 2.45) is 5.14 Å². The van der Waals surface area contributed by atoms with Crippen molar-refractivity contribution >= 4 is 44.1 Å². The standard InChI is InChI=1S/C20H20FN7O3S/c1-11-14-6-4-12(8-17(14)27-26-11)28(2)19-15(21)10-23-20(25-19)24-16-7-5-13(32(22,29)30)9-18(16)31-3/h4-10H,1-3H3,(H,26,27)(H2,22,29,30)(H,23,24,25). The molecule has 10 nitrogen and oxygen atoms in total. The quantitative estimate of drug-likeness (QED) is 0.402. The largest absolute Gasteiger partial charge is 0.495 e. The average Bonchev–Trinajstić information content (AvgIpc) is 3.14. The number of rotatable bonds is 6. The fourth-order valence-corrected chi connectivity index (χ4v) is 3.73. The van der Waals surface area contributed by atoms with Crippen molar-refractivity contribution in [3.63, 3.8) is 0 Å². The first kappa shape index (κ1) is 21.5. The van der Waals surface area contributed by atoms with E-state index in [-0.39, 0.29) is 22.4 Å². The summed E-state index contributed by atoms with van der Waals surface area (Å²) in [4.78, 5) is 9.73. The second-order valence-electron chi connectivity index (χ2n) is 7.00. The Morgan fingerprint density at radius 1 is 1.22 bits per heavy atom. The number of nitrogens with two attached hydrogens (primary N) is 1. The van der Waals surface area contributed by atoms with E-state index in [1.54, 1.807) is 11.9 Å². The molecule has 2 heterocycles. The zero-order valence-corrected chi connectivity index (χ0v) is 18.2. The number of primary sulfonamides is 1. The van der Waals surface area contributed by atoms with Crippen LogP contribution in [0.15, 0.2) is 47.5 Å². The Morgan fingerprint density at radius 2 is 2.00 bits per heavy atom. The monoisotopic (exact) mass is 457 g/mol. The molecule has 0 spiro atoms. The second-order valence-corrected chi connectivity index (χ2v) is 8.56. The molecule has 0 aliphatic carbocycles. The van der Waals surface area contributed by atoms with Crippen molar-refractivity contribution < 1.29 is 17.5 Å². The van der Waals surface area contributed by atoms with Gasteiger partial charge in [-0.1, -0.05) is 0 Å². The summed E-state index contributed by atoms with van der Waals surface area (Å²) >= 11 is 0. The number of fused-ring (bicyclic) bond motifs is 1. The number of benzene rings is 2. The molecule has 166 valence electrons. The van der Waals surface area contributed by atoms with Gasteiger partial charge >= 0.3 is 0 Å². The fraction of sp³-hybridized carbons (Fsp3) is 0.150. The SMILES string of the molecule is COc1cc(S(N)(=O)=O)ccc1Nc1ncc(F)c(N(C)c2ccc3c(C)n[nH]c3c2)n1. The normalized spacial score (nSPS) is 11.5. The minimum absolute atomic E-state index is 0.0400. The maximum atomic E-state index is 14.6. The molecule has 12 heteroatoms. The highest BCUT2D eigenvalue weighted by molar-refractivity contribution is 7.89. The minimum Gasteiger partial charge on any atom is -0.495 e. The first-order valence-corrected chi connectivity index (χ1v) is 10.9. The highest BCUT2D eigenvalue weighted by atomic mass is 32.2. The predicted molar refractivity (Wildman–Crippen MR) is 119 cm³/mol. The Hall–Kier alpha value is -3.77. The van der Waals surface area contributed by atoms with Crippen molar-refractivity contribution in [1.29, 1.82) is 0 Å². The van der Waals surface area contributed by atoms with E-state index in [0.717, 1.165) is 22.8 Å². The molecule has 0 radical (unpaired) electrons. The Balaban J connectivity index is 1.66. The number of nitrogens with zero attached hydrogens (tertiary/aromatic N) is 4. The summed E-state index contributed by atoms with van der Waals surface area (Å²) in [6.07, 6.45) is 1.05. The fourth-order valence-electron chi connectivity index (χ4n) is 3.20. The van der Waals surface area contributed by atoms with Crippen molar-refractivity contribution in [3.8, 4) is 5.75 Å². The number of aromatic amines is 1. The Kier molecular flexibility index (Phi) is 5.40. The predicted octanol–water partition coefficient (Wildman–Crippen LogP) is 2.97. The summed E-state index contributed by atoms with van der Waals surface area (Å²) in [5.74, 6) is -0.276. The van der Waals surface area contributed by atoms with E-state index in [1.807, 2.05) is 25.1 Å². The van der Waals surface area contributed by atoms with Crippen LogP contribution in [0.5, 0.6) is 5.75 Å². The van der Waals surface area contributed by atoms with Crippen molar-refractivity contribution in [3.05, 3.63) is 54.1 Å². The molecule has 0 atom stereocenters. The number of methoxy groups -OCH3 is 1. The van der Waals surface area contributed by atoms with E-state index in [4.69, 9.17) is 9.88 Å². The summed E-state index contributed by atoms with van der Waals surface area (Å²) in [5, 5.41) is 16.2. The smallest absolute Gasteiger partial charge is 0.238 e. The molecule has 4 aromatic rings. The molecular weight excluding hydrogens is 437 g/mol. The van der Waals surface area contributed by atoms with Gasteiger partial charge in [-0.15, -0.1) is 0 Å². The first-order valence-electron chi connectivity index (χ1n) is 9.36. The molecule has 2 aromatic carbocycles. The Labute approximate surface area is 183 Å². The van der Waals surface area contributed by atoms with Crippen LogP contribution in [-0.4, -0.2) is 42.7 Å². The van der Waals surface area contributed by atoms with Gasteiger partial charge in [0.1, 0.15) is 5.75 Å². The maximum Gasteiger partial charge on any atom is 0.238 e. The van der Waals surface area contributed by atoms with Crippen molar-refractivity contribution in [2.75, 3.05) is 24.4 Å². The number of hydrogen-bond donors (Lipinski definition) is 3. The molecule has 4 rings (SSSR count). The molecule has 0 saturated heterocycles. The van der Waals surface area contributed by atoms with Crippen LogP contribution < -0.4 is 20.1 Å². The Bertz CT molecular complexity index is 1420. The van der Waals surface area contributed by atoms with Crippen LogP contribution in [0.2, 0.25) is 0 Å². The maximum absolute atomic E-state index is 14.6. The zero-order valence-electron chi connectivity index (χ0n) is 17.4. The van der Waals surface area contributed by atoms with Crippen LogP contribution in [0.1, 0.15) is 5.69 Å². The van der Waals surface area contributed by atoms with Gasteiger partial charge in [-0.25, -0.2) is 22.9 Å². The van der Waals surface area contributed by atoms with Gasteiger partial charge in [-0.2, -0.15) is 10.1 Å². The number of hydrogen-bond acceptors (Lipinski definition) is 8. The van der Waals surface area contributed by atoms with E-state index < -0.39 is 15.8 Å². The minimum atomic E-state index is -3.90. The van der Waals surface area contributed by atoms with E-state index in [9.17, 15) is 12.8 Å². The number of aromatic nitrogens is 4. The molecule has 0 amide bonds. The number of sulfonamides is 1. The number of aryl methyl sites for hydroxylation is 1. The summed E-state index contributed by atoms with van der Waals surface area (Å²) in [7, 11) is -0.834. The third kappa shape index (κ3) is 4.05. The highest BCUT2D eigenvalue weighted by Gasteiger charge is 2.17. The molecule has 0 unspecified atom stereocenters. The number of H-pyrrole nitrogens is 1. The van der Waals surface area contributed by atoms with E-state index in [0.29, 0.717) is 11.4 Å². The van der Waals surface area contributed by atoms with Gasteiger partial charge in [0.25, 0.3) is 0 Å². The first-order chi connectivity index (χ1) is 15.2. The summed E-state index contributed by atoms with van der Waals surface area (Å²) in [5.41, 5.74) is 2.77. The molecule has 0 fully saturated rings. The third-order valence-corrected chi connectivity index (χ3v) is 5.83. The van der Waals surface area contributed by atoms with Gasteiger partial charge in [0.05, 0.1) is 35.1 Å². The van der Waals surface area contributed by atoms with Gasteiger partial charge < -0.3 is 15.0 Å². The molecule has 0 aliphatic rings. The molecular formula is C20H20FN7O3S. The zero-order chi connectivity index (χ0) is 23.0. The van der Waals surface area contributed by atoms with Gasteiger partial charge in [0.2, 0.25) is 16.0 Å². The van der Waals surface area contributed by atoms with Crippen LogP contribution in [0.4, 0.5) is 27.5 Å². The van der Waals surface area contributed by atoms with Gasteiger partial charge in [-0.05, 0) is 37.3 Å². The van der Waals surface area contributed by atoms with Crippen LogP contribution in [0.3, 0.4) is 0 Å². The van der Waals surface area contributed by atoms with Crippen LogP contribution in [-0.2, 0) is 10.0 Å². The molecule has 0 bridgehead atoms. The summed E-state index contributed by atoms with van der Waals surface area (Å²) < 4.78 is 42.9. The lowest BCUT2D eigenvalue weighted by atomic mass is 10.2. The van der Waals surface area contributed by atoms with Crippen LogP contribution in [0.25, 0.3) is 10.9 Å². The van der Waals surface area contributed by atoms with E-state index in [1.165, 1.54) is 25.3 Å². The number of anilines is 4. The van der Waals surface area contributed by atoms with Crippen LogP contribution in [0, 0.1) is 12.7 Å². The van der Waals surface area contributed by atoms with Crippen molar-refractivity contribution in [2.45, 2.75) is 11.8 Å². The molecule has 4 N–H and O–H groups in total. The third-order valence-electron chi connectivity index (χ3n) is 4.92. The summed E-state index contributed by atoms with van der Waals surface area (Å²) in [6.45, 7) is 1.90. The second kappa shape index (κ2) is 8.05. The topological polar surface area (TPSA) is 139 Å². The van der Waals surface area contributed by atoms with Gasteiger partial charge in [0.15, 0.2) is 11.6 Å². The summed E-state index contributed by atoms with van der Waals surface area (Å²) in [6, 6.07) is 9.64. The van der Waals surface area contributed by atoms with E-state index >= 15 is 0 Å². The number of halogens is 1. The average molecular weight is 457 g/mol. The molecule has 0 aliphatic heterocycles. The lowest BCUT2D eigenvalue weighted by Crippen LogP contribution is -2.15. The Morgan fingerprint density at radius 3 is 2.72 bits per heavy atom. The van der Waals surface area contributed by atoms with Gasteiger partial charge in [-0.3, -0.25) is 5.10 Å². The number of ether oxygens (including phenoxy) is 1. The molecule has 32 heavy (non-hydrogen) atoms. The highest BCUT2D eigenvalue weighted by Crippen LogP contribution is 2.31.